The smallest absolute Gasteiger partial charge is 0.192 e. The van der Waals surface area contributed by atoms with E-state index in [1.807, 2.05) is 24.5 Å². The highest BCUT2D eigenvalue weighted by Crippen LogP contribution is 2.39. The molecule has 0 fully saturated rings. The summed E-state index contributed by atoms with van der Waals surface area (Å²) < 4.78 is 8.59. The number of nitrogens with zero attached hydrogens (tertiary/aromatic N) is 2. The van der Waals surface area contributed by atoms with Gasteiger partial charge in [0.1, 0.15) is 0 Å². The van der Waals surface area contributed by atoms with E-state index < -0.39 is 8.32 Å². The molecule has 6 heteroatoms. The summed E-state index contributed by atoms with van der Waals surface area (Å²) in [5.41, 5.74) is 12.3. The van der Waals surface area contributed by atoms with E-state index in [-0.39, 0.29) is 10.6 Å². The fraction of sp³-hybridized carbons (Fsp3) is 0.458. The Morgan fingerprint density at radius 3 is 2.47 bits per heavy atom. The van der Waals surface area contributed by atoms with Gasteiger partial charge in [0, 0.05) is 40.9 Å². The van der Waals surface area contributed by atoms with Gasteiger partial charge >= 0.3 is 0 Å². The highest BCUT2D eigenvalue weighted by Gasteiger charge is 2.37. The molecule has 0 amide bonds. The van der Waals surface area contributed by atoms with Gasteiger partial charge in [0.15, 0.2) is 14.0 Å². The molecule has 0 aliphatic heterocycles. The van der Waals surface area contributed by atoms with Crippen molar-refractivity contribution in [3.05, 3.63) is 48.4 Å². The molecule has 162 valence electrons. The second-order valence-corrected chi connectivity index (χ2v) is 15.4. The number of fused-ring (bicyclic) bond motifs is 1. The lowest BCUT2D eigenvalue weighted by Gasteiger charge is -2.36. The first-order valence-corrected chi connectivity index (χ1v) is 13.5. The van der Waals surface area contributed by atoms with Crippen LogP contribution in [0.15, 0.2) is 42.9 Å². The summed E-state index contributed by atoms with van der Waals surface area (Å²) in [6, 6.07) is 8.26. The van der Waals surface area contributed by atoms with Crippen molar-refractivity contribution in [1.29, 1.82) is 0 Å². The number of nitrogens with two attached hydrogens (primary N) is 1. The molecule has 1 aromatic carbocycles. The third-order valence-electron chi connectivity index (χ3n) is 5.90. The molecule has 0 unspecified atom stereocenters. The monoisotopic (exact) mass is 424 g/mol. The van der Waals surface area contributed by atoms with Crippen LogP contribution in [-0.2, 0) is 11.0 Å². The van der Waals surface area contributed by atoms with E-state index in [1.54, 1.807) is 0 Å². The van der Waals surface area contributed by atoms with Crippen LogP contribution in [0, 0.1) is 0 Å². The van der Waals surface area contributed by atoms with Crippen molar-refractivity contribution >= 4 is 25.3 Å². The summed E-state index contributed by atoms with van der Waals surface area (Å²) >= 11 is 0. The number of anilines is 2. The Bertz CT molecular complexity index is 1040. The number of hydrogen-bond donors (Lipinski definition) is 2. The molecular weight excluding hydrogens is 388 g/mol. The van der Waals surface area contributed by atoms with Crippen LogP contribution in [0.5, 0.6) is 0 Å². The van der Waals surface area contributed by atoms with Gasteiger partial charge in [-0.2, -0.15) is 0 Å². The topological polar surface area (TPSA) is 64.6 Å². The quantitative estimate of drug-likeness (QED) is 0.372. The molecule has 0 bridgehead atoms. The SMILES string of the molecule is CC(C)(C)Nc1cc(-c2cccc(N)c2CO[Si](C)(C)C(C)(C)C)cn2ccnc12. The van der Waals surface area contributed by atoms with Crippen LogP contribution in [-0.4, -0.2) is 23.2 Å². The maximum atomic E-state index is 6.53. The number of benzene rings is 1. The van der Waals surface area contributed by atoms with E-state index in [9.17, 15) is 0 Å². The average molecular weight is 425 g/mol. The van der Waals surface area contributed by atoms with Crippen molar-refractivity contribution in [3.8, 4) is 11.1 Å². The third-order valence-corrected chi connectivity index (χ3v) is 10.4. The molecule has 0 atom stereocenters. The Labute approximate surface area is 181 Å². The molecule has 2 heterocycles. The number of pyridine rings is 1. The maximum absolute atomic E-state index is 6.53. The Morgan fingerprint density at radius 1 is 1.13 bits per heavy atom. The number of nitrogens with one attached hydrogen (secondary N) is 1. The van der Waals surface area contributed by atoms with Crippen LogP contribution in [0.2, 0.25) is 18.1 Å². The minimum absolute atomic E-state index is 0.0744. The predicted molar refractivity (Wildman–Crippen MR) is 130 cm³/mol. The minimum Gasteiger partial charge on any atom is -0.412 e. The van der Waals surface area contributed by atoms with Crippen LogP contribution >= 0.6 is 0 Å². The summed E-state index contributed by atoms with van der Waals surface area (Å²) in [5, 5.41) is 3.74. The van der Waals surface area contributed by atoms with Crippen molar-refractivity contribution in [2.45, 2.75) is 71.8 Å². The van der Waals surface area contributed by atoms with Crippen molar-refractivity contribution in [3.63, 3.8) is 0 Å². The van der Waals surface area contributed by atoms with E-state index in [1.165, 1.54) is 0 Å². The van der Waals surface area contributed by atoms with E-state index in [4.69, 9.17) is 10.2 Å². The van der Waals surface area contributed by atoms with Crippen molar-refractivity contribution < 1.29 is 4.43 Å². The van der Waals surface area contributed by atoms with Gasteiger partial charge < -0.3 is 19.9 Å². The fourth-order valence-corrected chi connectivity index (χ4v) is 4.12. The predicted octanol–water partition coefficient (Wildman–Crippen LogP) is 6.32. The first-order valence-electron chi connectivity index (χ1n) is 10.6. The lowest BCUT2D eigenvalue weighted by atomic mass is 9.99. The summed E-state index contributed by atoms with van der Waals surface area (Å²) in [6.45, 7) is 18.3. The number of aromatic nitrogens is 2. The summed E-state index contributed by atoms with van der Waals surface area (Å²) in [4.78, 5) is 4.53. The largest absolute Gasteiger partial charge is 0.412 e. The normalized spacial score (nSPS) is 13.1. The highest BCUT2D eigenvalue weighted by atomic mass is 28.4. The van der Waals surface area contributed by atoms with Gasteiger partial charge in [0.05, 0.1) is 12.3 Å². The standard InChI is InChI=1S/C24H36N4OSi/c1-23(2,3)27-21-14-17(15-28-13-12-26-22(21)28)18-10-9-11-20(25)19(18)16-29-30(7,8)24(4,5)6/h9-15,27H,16,25H2,1-8H3. The molecule has 2 aromatic heterocycles. The van der Waals surface area contributed by atoms with Crippen LogP contribution in [0.25, 0.3) is 16.8 Å². The van der Waals surface area contributed by atoms with Gasteiger partial charge in [-0.05, 0) is 56.6 Å². The van der Waals surface area contributed by atoms with Crippen molar-refractivity contribution in [1.82, 2.24) is 9.38 Å². The fourth-order valence-electron chi connectivity index (χ4n) is 3.18. The average Bonchev–Trinajstić information content (AvgIpc) is 3.07. The maximum Gasteiger partial charge on any atom is 0.192 e. The van der Waals surface area contributed by atoms with Gasteiger partial charge in [-0.3, -0.25) is 0 Å². The molecule has 0 aliphatic rings. The molecular formula is C24H36N4OSi. The number of hydrogen-bond acceptors (Lipinski definition) is 4. The molecule has 5 nitrogen and oxygen atoms in total. The zero-order valence-corrected chi connectivity index (χ0v) is 20.6. The van der Waals surface area contributed by atoms with E-state index in [0.717, 1.165) is 33.7 Å². The highest BCUT2D eigenvalue weighted by molar-refractivity contribution is 6.74. The van der Waals surface area contributed by atoms with Crippen molar-refractivity contribution in [2.75, 3.05) is 11.1 Å². The van der Waals surface area contributed by atoms with Gasteiger partial charge in [0.2, 0.25) is 0 Å². The van der Waals surface area contributed by atoms with Gasteiger partial charge in [-0.15, -0.1) is 0 Å². The van der Waals surface area contributed by atoms with Gasteiger partial charge in [-0.25, -0.2) is 4.98 Å². The minimum atomic E-state index is -1.89. The first kappa shape index (κ1) is 22.4. The Morgan fingerprint density at radius 2 is 1.83 bits per heavy atom. The molecule has 3 rings (SSSR count). The molecule has 0 saturated heterocycles. The zero-order valence-electron chi connectivity index (χ0n) is 19.6. The Kier molecular flexibility index (Phi) is 5.77. The Hall–Kier alpha value is -2.31. The van der Waals surface area contributed by atoms with Crippen LogP contribution in [0.4, 0.5) is 11.4 Å². The second kappa shape index (κ2) is 7.74. The molecule has 0 radical (unpaired) electrons. The molecule has 3 aromatic rings. The second-order valence-electron chi connectivity index (χ2n) is 10.6. The van der Waals surface area contributed by atoms with Crippen LogP contribution in [0.3, 0.4) is 0 Å². The number of nitrogen functional groups attached to an aromatic ring is 1. The summed E-state index contributed by atoms with van der Waals surface area (Å²) in [5.74, 6) is 0. The number of imidazole rings is 1. The van der Waals surface area contributed by atoms with Gasteiger partial charge in [0.25, 0.3) is 0 Å². The molecule has 30 heavy (non-hydrogen) atoms. The van der Waals surface area contributed by atoms with Crippen LogP contribution < -0.4 is 11.1 Å². The first-order chi connectivity index (χ1) is 13.8. The molecule has 3 N–H and O–H groups in total. The van der Waals surface area contributed by atoms with Crippen molar-refractivity contribution in [2.24, 2.45) is 0 Å². The van der Waals surface area contributed by atoms with E-state index in [2.05, 4.69) is 87.7 Å². The molecule has 0 saturated carbocycles. The lowest BCUT2D eigenvalue weighted by molar-refractivity contribution is 0.277. The summed E-state index contributed by atoms with van der Waals surface area (Å²) in [6.07, 6.45) is 5.92. The zero-order chi connectivity index (χ0) is 22.3. The molecule has 0 spiro atoms. The van der Waals surface area contributed by atoms with Crippen LogP contribution in [0.1, 0.15) is 47.1 Å². The summed E-state index contributed by atoms with van der Waals surface area (Å²) in [7, 11) is -1.89. The lowest BCUT2D eigenvalue weighted by Crippen LogP contribution is -2.40. The number of rotatable bonds is 5. The molecule has 0 aliphatic carbocycles. The van der Waals surface area contributed by atoms with Gasteiger partial charge in [-0.1, -0.05) is 32.9 Å². The van der Waals surface area contributed by atoms with E-state index >= 15 is 0 Å². The van der Waals surface area contributed by atoms with E-state index in [0.29, 0.717) is 6.61 Å². The third kappa shape index (κ3) is 4.70. The Balaban J connectivity index is 2.06.